The van der Waals surface area contributed by atoms with Gasteiger partial charge in [0, 0.05) is 43.7 Å². The Kier molecular flexibility index (Phi) is 10.7. The lowest BCUT2D eigenvalue weighted by molar-refractivity contribution is -0.137. The number of halogens is 3. The van der Waals surface area contributed by atoms with Gasteiger partial charge in [0.1, 0.15) is 23.8 Å². The molecule has 3 aromatic rings. The predicted octanol–water partition coefficient (Wildman–Crippen LogP) is 4.88. The highest BCUT2D eigenvalue weighted by Gasteiger charge is 2.37. The quantitative estimate of drug-likeness (QED) is 0.291. The average Bonchev–Trinajstić information content (AvgIpc) is 3.55. The van der Waals surface area contributed by atoms with Gasteiger partial charge < -0.3 is 23.8 Å². The molecular formula is C34H37F3N4O6. The molecule has 0 bridgehead atoms. The number of morpholine rings is 1. The molecule has 2 heterocycles. The van der Waals surface area contributed by atoms with Gasteiger partial charge in [-0.3, -0.25) is 14.5 Å². The molecule has 250 valence electrons. The highest BCUT2D eigenvalue weighted by atomic mass is 19.4. The maximum absolute atomic E-state index is 14.2. The van der Waals surface area contributed by atoms with E-state index in [9.17, 15) is 22.8 Å². The molecule has 0 aromatic heterocycles. The Morgan fingerprint density at radius 3 is 2.19 bits per heavy atom. The molecule has 1 saturated heterocycles. The second-order valence-electron chi connectivity index (χ2n) is 11.1. The van der Waals surface area contributed by atoms with Gasteiger partial charge in [-0.05, 0) is 72.3 Å². The monoisotopic (exact) mass is 654 g/mol. The fraction of sp³-hybridized carbons (Fsp3) is 0.382. The number of rotatable bonds is 11. The van der Waals surface area contributed by atoms with Gasteiger partial charge in [-0.25, -0.2) is 5.01 Å². The fourth-order valence-electron chi connectivity index (χ4n) is 5.60. The van der Waals surface area contributed by atoms with Crippen molar-refractivity contribution >= 4 is 17.5 Å². The number of alkyl halides is 3. The Hall–Kier alpha value is -4.62. The molecule has 0 radical (unpaired) electrons. The Morgan fingerprint density at radius 2 is 1.57 bits per heavy atom. The Morgan fingerprint density at radius 1 is 0.915 bits per heavy atom. The number of benzene rings is 3. The Bertz CT molecular complexity index is 1570. The minimum Gasteiger partial charge on any atom is -0.497 e. The van der Waals surface area contributed by atoms with Gasteiger partial charge in [-0.1, -0.05) is 0 Å². The van der Waals surface area contributed by atoms with E-state index in [2.05, 4.69) is 4.90 Å². The lowest BCUT2D eigenvalue weighted by Crippen LogP contribution is -2.46. The van der Waals surface area contributed by atoms with Gasteiger partial charge in [0.2, 0.25) is 0 Å². The lowest BCUT2D eigenvalue weighted by Gasteiger charge is -2.31. The topological polar surface area (TPSA) is 93.1 Å². The highest BCUT2D eigenvalue weighted by Crippen LogP contribution is 2.39. The minimum atomic E-state index is -4.54. The molecule has 0 N–H and O–H groups in total. The van der Waals surface area contributed by atoms with Gasteiger partial charge in [0.15, 0.2) is 0 Å². The van der Waals surface area contributed by atoms with Gasteiger partial charge >= 0.3 is 6.18 Å². The van der Waals surface area contributed by atoms with Crippen molar-refractivity contribution in [2.75, 3.05) is 67.3 Å². The molecule has 1 atom stereocenters. The van der Waals surface area contributed by atoms with Crippen LogP contribution in [0.5, 0.6) is 17.2 Å². The van der Waals surface area contributed by atoms with Gasteiger partial charge in [0.25, 0.3) is 11.8 Å². The molecule has 3 aromatic carbocycles. The van der Waals surface area contributed by atoms with Gasteiger partial charge in [-0.15, -0.1) is 0 Å². The summed E-state index contributed by atoms with van der Waals surface area (Å²) in [4.78, 5) is 31.4. The molecule has 2 amide bonds. The van der Waals surface area contributed by atoms with Crippen LogP contribution in [0, 0.1) is 0 Å². The number of ether oxygens (including phenoxy) is 4. The number of hydrazone groups is 1. The van der Waals surface area contributed by atoms with Crippen LogP contribution >= 0.6 is 0 Å². The van der Waals surface area contributed by atoms with Crippen LogP contribution in [0.25, 0.3) is 0 Å². The summed E-state index contributed by atoms with van der Waals surface area (Å²) in [5, 5.41) is 6.11. The minimum absolute atomic E-state index is 0.0441. The van der Waals surface area contributed by atoms with Crippen molar-refractivity contribution in [3.8, 4) is 17.2 Å². The first-order valence-corrected chi connectivity index (χ1v) is 15.1. The molecule has 2 aliphatic rings. The molecular weight excluding hydrogens is 617 g/mol. The van der Waals surface area contributed by atoms with E-state index in [1.165, 1.54) is 17.0 Å². The summed E-state index contributed by atoms with van der Waals surface area (Å²) in [7, 11) is 4.65. The predicted molar refractivity (Wildman–Crippen MR) is 168 cm³/mol. The zero-order chi connectivity index (χ0) is 33.6. The molecule has 13 heteroatoms. The summed E-state index contributed by atoms with van der Waals surface area (Å²) >= 11 is 0. The normalized spacial score (nSPS) is 16.9. The molecule has 1 unspecified atom stereocenters. The van der Waals surface area contributed by atoms with Crippen LogP contribution in [-0.4, -0.2) is 99.6 Å². The highest BCUT2D eigenvalue weighted by molar-refractivity contribution is 6.04. The van der Waals surface area contributed by atoms with Crippen molar-refractivity contribution < 1.29 is 41.7 Å². The van der Waals surface area contributed by atoms with E-state index in [0.29, 0.717) is 67.8 Å². The average molecular weight is 655 g/mol. The smallest absolute Gasteiger partial charge is 0.416 e. The van der Waals surface area contributed by atoms with Crippen LogP contribution in [-0.2, 0) is 15.7 Å². The fourth-order valence-corrected chi connectivity index (χ4v) is 5.60. The van der Waals surface area contributed by atoms with E-state index in [0.717, 1.165) is 29.8 Å². The molecule has 47 heavy (non-hydrogen) atoms. The second kappa shape index (κ2) is 14.9. The van der Waals surface area contributed by atoms with Crippen LogP contribution in [0.15, 0.2) is 71.8 Å². The van der Waals surface area contributed by atoms with Crippen LogP contribution in [0.2, 0.25) is 0 Å². The number of nitrogens with zero attached hydrogens (tertiary/aromatic N) is 4. The van der Waals surface area contributed by atoms with Crippen LogP contribution in [0.1, 0.15) is 39.5 Å². The maximum Gasteiger partial charge on any atom is 0.416 e. The van der Waals surface area contributed by atoms with Gasteiger partial charge in [0.05, 0.1) is 51.9 Å². The van der Waals surface area contributed by atoms with Crippen molar-refractivity contribution in [3.05, 3.63) is 89.0 Å². The van der Waals surface area contributed by atoms with E-state index in [-0.39, 0.29) is 18.7 Å². The van der Waals surface area contributed by atoms with Crippen molar-refractivity contribution in [1.29, 1.82) is 0 Å². The molecule has 0 aliphatic carbocycles. The Labute approximate surface area is 271 Å². The number of hydrogen-bond donors (Lipinski definition) is 0. The van der Waals surface area contributed by atoms with Crippen molar-refractivity contribution in [2.24, 2.45) is 5.10 Å². The molecule has 1 fully saturated rings. The maximum atomic E-state index is 14.2. The molecule has 2 aliphatic heterocycles. The second-order valence-corrected chi connectivity index (χ2v) is 11.1. The van der Waals surface area contributed by atoms with E-state index in [1.54, 1.807) is 44.6 Å². The summed E-state index contributed by atoms with van der Waals surface area (Å²) in [6.45, 7) is 2.69. The molecule has 5 rings (SSSR count). The third-order valence-corrected chi connectivity index (χ3v) is 8.25. The standard InChI is InChI=1S/C34H37F3N4O6/c1-44-26-10-6-23(7-11-26)29-21-30(28-20-27(45-2)12-13-31(28)46-3)41(38-29)32(42)22-40(15-14-39-16-18-47-19-17-39)33(43)24-4-8-25(9-5-24)34(35,36)37/h4-13,20,30H,14-19,21-22H2,1-3H3. The number of carbonyl (C=O) groups excluding carboxylic acids is 2. The summed E-state index contributed by atoms with van der Waals surface area (Å²) in [5.74, 6) is 0.740. The number of amides is 2. The lowest BCUT2D eigenvalue weighted by atomic mass is 9.97. The molecule has 0 spiro atoms. The van der Waals surface area contributed by atoms with E-state index in [4.69, 9.17) is 24.0 Å². The summed E-state index contributed by atoms with van der Waals surface area (Å²) in [5.41, 5.74) is 1.28. The first-order valence-electron chi connectivity index (χ1n) is 15.1. The zero-order valence-corrected chi connectivity index (χ0v) is 26.5. The SMILES string of the molecule is COc1ccc(C2=NN(C(=O)CN(CCN3CCOCC3)C(=O)c3ccc(C(F)(F)F)cc3)C(c3cc(OC)ccc3OC)C2)cc1. The number of carbonyl (C=O) groups is 2. The van der Waals surface area contributed by atoms with Crippen molar-refractivity contribution in [2.45, 2.75) is 18.6 Å². The van der Waals surface area contributed by atoms with Gasteiger partial charge in [-0.2, -0.15) is 18.3 Å². The Balaban J connectivity index is 1.46. The third kappa shape index (κ3) is 8.03. The zero-order valence-electron chi connectivity index (χ0n) is 26.5. The molecule has 10 nitrogen and oxygen atoms in total. The van der Waals surface area contributed by atoms with Crippen molar-refractivity contribution in [3.63, 3.8) is 0 Å². The van der Waals surface area contributed by atoms with Crippen LogP contribution < -0.4 is 14.2 Å². The third-order valence-electron chi connectivity index (χ3n) is 8.25. The van der Waals surface area contributed by atoms with E-state index >= 15 is 0 Å². The summed E-state index contributed by atoms with van der Waals surface area (Å²) in [6.07, 6.45) is -4.19. The van der Waals surface area contributed by atoms with Crippen LogP contribution in [0.3, 0.4) is 0 Å². The first-order chi connectivity index (χ1) is 22.6. The largest absolute Gasteiger partial charge is 0.497 e. The molecule has 0 saturated carbocycles. The summed E-state index contributed by atoms with van der Waals surface area (Å²) in [6, 6.07) is 16.0. The number of hydrogen-bond acceptors (Lipinski definition) is 8. The first kappa shape index (κ1) is 33.7. The van der Waals surface area contributed by atoms with E-state index < -0.39 is 29.6 Å². The summed E-state index contributed by atoms with van der Waals surface area (Å²) < 4.78 is 61.5. The number of methoxy groups -OCH3 is 3. The van der Waals surface area contributed by atoms with Crippen molar-refractivity contribution in [1.82, 2.24) is 14.8 Å². The van der Waals surface area contributed by atoms with Crippen LogP contribution in [0.4, 0.5) is 13.2 Å². The van der Waals surface area contributed by atoms with E-state index in [1.807, 2.05) is 12.1 Å².